The van der Waals surface area contributed by atoms with Crippen LogP contribution in [0.3, 0.4) is 0 Å². The number of hydrogen-bond acceptors (Lipinski definition) is 1. The molecule has 1 nitrogen and oxygen atoms in total. The summed E-state index contributed by atoms with van der Waals surface area (Å²) >= 11 is 0. The van der Waals surface area contributed by atoms with E-state index in [1.165, 1.54) is 57.1 Å². The molecule has 1 heteroatoms. The van der Waals surface area contributed by atoms with Gasteiger partial charge in [0.1, 0.15) is 0 Å². The minimum Gasteiger partial charge on any atom is -0.317 e. The Morgan fingerprint density at radius 3 is 2.26 bits per heavy atom. The molecule has 1 aromatic rings. The predicted octanol–water partition coefficient (Wildman–Crippen LogP) is 4.82. The third-order valence-electron chi connectivity index (χ3n) is 3.55. The van der Waals surface area contributed by atoms with Crippen molar-refractivity contribution in [3.05, 3.63) is 35.9 Å². The van der Waals surface area contributed by atoms with Crippen LogP contribution in [-0.4, -0.2) is 13.1 Å². The molecule has 108 valence electrons. The van der Waals surface area contributed by atoms with Gasteiger partial charge in [-0.15, -0.1) is 0 Å². The van der Waals surface area contributed by atoms with E-state index in [2.05, 4.69) is 49.5 Å². The van der Waals surface area contributed by atoms with Crippen LogP contribution in [0.15, 0.2) is 30.3 Å². The van der Waals surface area contributed by atoms with Crippen LogP contribution in [0.2, 0.25) is 0 Å². The number of nitrogens with one attached hydrogen (secondary N) is 1. The van der Waals surface area contributed by atoms with Crippen molar-refractivity contribution in [2.45, 2.75) is 58.8 Å². The standard InChI is InChI=1S/C18H31N/c1-17(2)11-6-3-4-9-15-19-16-10-14-18-12-7-5-8-13-18/h5,7-8,12-13,17,19H,3-4,6,9-11,14-16H2,1-2H3. The minimum atomic E-state index is 0.871. The van der Waals surface area contributed by atoms with Crippen LogP contribution in [-0.2, 0) is 6.42 Å². The van der Waals surface area contributed by atoms with Gasteiger partial charge in [-0.25, -0.2) is 0 Å². The summed E-state index contributed by atoms with van der Waals surface area (Å²) in [5.74, 6) is 0.871. The van der Waals surface area contributed by atoms with Gasteiger partial charge in [-0.2, -0.15) is 0 Å². The first-order valence-corrected chi connectivity index (χ1v) is 8.03. The molecule has 0 bridgehead atoms. The molecule has 0 aliphatic carbocycles. The maximum atomic E-state index is 3.56. The largest absolute Gasteiger partial charge is 0.317 e. The van der Waals surface area contributed by atoms with Gasteiger partial charge in [-0.1, -0.05) is 69.9 Å². The Morgan fingerprint density at radius 2 is 1.53 bits per heavy atom. The molecule has 0 aliphatic heterocycles. The number of hydrogen-bond donors (Lipinski definition) is 1. The van der Waals surface area contributed by atoms with Crippen molar-refractivity contribution in [2.75, 3.05) is 13.1 Å². The highest BCUT2D eigenvalue weighted by Gasteiger charge is 1.95. The Morgan fingerprint density at radius 1 is 0.842 bits per heavy atom. The Hall–Kier alpha value is -0.820. The molecule has 19 heavy (non-hydrogen) atoms. The predicted molar refractivity (Wildman–Crippen MR) is 85.6 cm³/mol. The average molecular weight is 261 g/mol. The number of rotatable bonds is 11. The van der Waals surface area contributed by atoms with Crippen molar-refractivity contribution < 1.29 is 0 Å². The van der Waals surface area contributed by atoms with E-state index in [9.17, 15) is 0 Å². The second-order valence-corrected chi connectivity index (χ2v) is 5.94. The summed E-state index contributed by atoms with van der Waals surface area (Å²) in [6.45, 7) is 6.97. The summed E-state index contributed by atoms with van der Waals surface area (Å²) in [7, 11) is 0. The molecule has 0 amide bonds. The quantitative estimate of drug-likeness (QED) is 0.563. The van der Waals surface area contributed by atoms with Crippen LogP contribution < -0.4 is 5.32 Å². The third-order valence-corrected chi connectivity index (χ3v) is 3.55. The maximum Gasteiger partial charge on any atom is -0.00457 e. The van der Waals surface area contributed by atoms with Gasteiger partial charge in [-0.05, 0) is 43.8 Å². The van der Waals surface area contributed by atoms with Crippen molar-refractivity contribution in [2.24, 2.45) is 5.92 Å². The molecule has 0 heterocycles. The topological polar surface area (TPSA) is 12.0 Å². The monoisotopic (exact) mass is 261 g/mol. The molecule has 0 spiro atoms. The van der Waals surface area contributed by atoms with E-state index in [-0.39, 0.29) is 0 Å². The van der Waals surface area contributed by atoms with E-state index in [4.69, 9.17) is 0 Å². The summed E-state index contributed by atoms with van der Waals surface area (Å²) < 4.78 is 0. The van der Waals surface area contributed by atoms with E-state index in [0.29, 0.717) is 0 Å². The molecule has 0 fully saturated rings. The molecule has 0 unspecified atom stereocenters. The fourth-order valence-electron chi connectivity index (χ4n) is 2.34. The Kier molecular flexibility index (Phi) is 9.44. The van der Waals surface area contributed by atoms with Crippen molar-refractivity contribution >= 4 is 0 Å². The second kappa shape index (κ2) is 11.0. The Balaban J connectivity index is 1.81. The molecule has 0 aliphatic rings. The molecular formula is C18H31N. The highest BCUT2D eigenvalue weighted by molar-refractivity contribution is 5.14. The number of benzene rings is 1. The van der Waals surface area contributed by atoms with E-state index in [1.54, 1.807) is 0 Å². The first kappa shape index (κ1) is 16.2. The lowest BCUT2D eigenvalue weighted by Gasteiger charge is -2.06. The van der Waals surface area contributed by atoms with Gasteiger partial charge in [0.25, 0.3) is 0 Å². The van der Waals surface area contributed by atoms with E-state index in [1.807, 2.05) is 0 Å². The van der Waals surface area contributed by atoms with Crippen LogP contribution in [0, 0.1) is 5.92 Å². The summed E-state index contributed by atoms with van der Waals surface area (Å²) in [5, 5.41) is 3.56. The molecular weight excluding hydrogens is 230 g/mol. The van der Waals surface area contributed by atoms with E-state index >= 15 is 0 Å². The van der Waals surface area contributed by atoms with Gasteiger partial charge < -0.3 is 5.32 Å². The van der Waals surface area contributed by atoms with Gasteiger partial charge in [-0.3, -0.25) is 0 Å². The Labute approximate surface area is 119 Å². The number of aryl methyl sites for hydroxylation is 1. The summed E-state index contributed by atoms with van der Waals surface area (Å²) in [5.41, 5.74) is 1.46. The van der Waals surface area contributed by atoms with Crippen LogP contribution in [0.1, 0.15) is 57.9 Å². The average Bonchev–Trinajstić information content (AvgIpc) is 2.42. The fourth-order valence-corrected chi connectivity index (χ4v) is 2.34. The van der Waals surface area contributed by atoms with Crippen molar-refractivity contribution in [3.8, 4) is 0 Å². The van der Waals surface area contributed by atoms with Crippen molar-refractivity contribution in [3.63, 3.8) is 0 Å². The highest BCUT2D eigenvalue weighted by Crippen LogP contribution is 2.09. The molecule has 1 rings (SSSR count). The first-order valence-electron chi connectivity index (χ1n) is 8.03. The van der Waals surface area contributed by atoms with Gasteiger partial charge in [0, 0.05) is 0 Å². The van der Waals surface area contributed by atoms with E-state index < -0.39 is 0 Å². The lowest BCUT2D eigenvalue weighted by Crippen LogP contribution is -2.17. The van der Waals surface area contributed by atoms with Gasteiger partial charge >= 0.3 is 0 Å². The van der Waals surface area contributed by atoms with Crippen LogP contribution >= 0.6 is 0 Å². The molecule has 0 radical (unpaired) electrons. The molecule has 1 N–H and O–H groups in total. The van der Waals surface area contributed by atoms with Crippen molar-refractivity contribution in [1.29, 1.82) is 0 Å². The third kappa shape index (κ3) is 9.72. The van der Waals surface area contributed by atoms with Crippen molar-refractivity contribution in [1.82, 2.24) is 5.32 Å². The SMILES string of the molecule is CC(C)CCCCCCNCCCc1ccccc1. The number of unbranched alkanes of at least 4 members (excludes halogenated alkanes) is 3. The molecule has 0 saturated carbocycles. The molecule has 0 saturated heterocycles. The second-order valence-electron chi connectivity index (χ2n) is 5.94. The van der Waals surface area contributed by atoms with Crippen LogP contribution in [0.25, 0.3) is 0 Å². The normalized spacial score (nSPS) is 11.1. The lowest BCUT2D eigenvalue weighted by molar-refractivity contribution is 0.511. The minimum absolute atomic E-state index is 0.871. The highest BCUT2D eigenvalue weighted by atomic mass is 14.8. The molecule has 0 aromatic heterocycles. The summed E-state index contributed by atoms with van der Waals surface area (Å²) in [4.78, 5) is 0. The Bertz CT molecular complexity index is 292. The molecule has 1 aromatic carbocycles. The zero-order valence-corrected chi connectivity index (χ0v) is 12.8. The van der Waals surface area contributed by atoms with E-state index in [0.717, 1.165) is 12.5 Å². The zero-order chi connectivity index (χ0) is 13.8. The first-order chi connectivity index (χ1) is 9.29. The van der Waals surface area contributed by atoms with Crippen LogP contribution in [0.5, 0.6) is 0 Å². The maximum absolute atomic E-state index is 3.56. The summed E-state index contributed by atoms with van der Waals surface area (Å²) in [6.07, 6.45) is 9.38. The molecule has 0 atom stereocenters. The van der Waals surface area contributed by atoms with Gasteiger partial charge in [0.15, 0.2) is 0 Å². The lowest BCUT2D eigenvalue weighted by atomic mass is 10.0. The fraction of sp³-hybridized carbons (Fsp3) is 0.667. The smallest absolute Gasteiger partial charge is 0.00457 e. The van der Waals surface area contributed by atoms with Gasteiger partial charge in [0.2, 0.25) is 0 Å². The van der Waals surface area contributed by atoms with Crippen LogP contribution in [0.4, 0.5) is 0 Å². The zero-order valence-electron chi connectivity index (χ0n) is 12.8. The van der Waals surface area contributed by atoms with Gasteiger partial charge in [0.05, 0.1) is 0 Å². The summed E-state index contributed by atoms with van der Waals surface area (Å²) in [6, 6.07) is 10.8.